The summed E-state index contributed by atoms with van der Waals surface area (Å²) >= 11 is 0. The van der Waals surface area contributed by atoms with Crippen molar-refractivity contribution in [2.75, 3.05) is 30.5 Å². The van der Waals surface area contributed by atoms with Gasteiger partial charge < -0.3 is 19.7 Å². The summed E-state index contributed by atoms with van der Waals surface area (Å²) in [6.45, 7) is 0.216. The van der Waals surface area contributed by atoms with E-state index >= 15 is 0 Å². The molecule has 150 valence electrons. The lowest BCUT2D eigenvalue weighted by Gasteiger charge is -2.15. The predicted octanol–water partition coefficient (Wildman–Crippen LogP) is 2.40. The lowest BCUT2D eigenvalue weighted by Crippen LogP contribution is -2.23. The van der Waals surface area contributed by atoms with E-state index in [2.05, 4.69) is 10.1 Å². The highest BCUT2D eigenvalue weighted by Gasteiger charge is 2.22. The van der Waals surface area contributed by atoms with E-state index in [0.717, 1.165) is 12.1 Å². The Bertz CT molecular complexity index is 921. The van der Waals surface area contributed by atoms with E-state index in [1.165, 1.54) is 19.2 Å². The van der Waals surface area contributed by atoms with Gasteiger partial charge in [0.2, 0.25) is 5.91 Å². The lowest BCUT2D eigenvalue weighted by molar-refractivity contribution is -0.119. The van der Waals surface area contributed by atoms with Gasteiger partial charge in [-0.1, -0.05) is 0 Å². The maximum absolute atomic E-state index is 12.1. The molecule has 0 aromatic heterocycles. The highest BCUT2D eigenvalue weighted by Crippen LogP contribution is 2.21. The van der Waals surface area contributed by atoms with E-state index in [-0.39, 0.29) is 11.5 Å². The van der Waals surface area contributed by atoms with Gasteiger partial charge >= 0.3 is 11.9 Å². The standard InChI is InChI=1S/C21H20N2O6/c1-28-20(26)14-4-8-16(9-5-14)22-18(24)13-29-21(27)15-6-10-17(11-7-15)23-12-2-3-19(23)25/h4-11H,2-3,12-13H2,1H3,(H,22,24). The van der Waals surface area contributed by atoms with Gasteiger partial charge in [-0.05, 0) is 55.0 Å². The summed E-state index contributed by atoms with van der Waals surface area (Å²) in [4.78, 5) is 48.9. The van der Waals surface area contributed by atoms with Gasteiger partial charge in [0.15, 0.2) is 6.61 Å². The topological polar surface area (TPSA) is 102 Å². The second-order valence-electron chi connectivity index (χ2n) is 6.39. The van der Waals surface area contributed by atoms with Gasteiger partial charge in [-0.3, -0.25) is 9.59 Å². The van der Waals surface area contributed by atoms with Crippen LogP contribution in [0.4, 0.5) is 11.4 Å². The Hall–Kier alpha value is -3.68. The minimum Gasteiger partial charge on any atom is -0.465 e. The van der Waals surface area contributed by atoms with Crippen molar-refractivity contribution < 1.29 is 28.7 Å². The van der Waals surface area contributed by atoms with Crippen molar-refractivity contribution in [3.8, 4) is 0 Å². The summed E-state index contributed by atoms with van der Waals surface area (Å²) in [7, 11) is 1.28. The Labute approximate surface area is 167 Å². The number of carbonyl (C=O) groups is 4. The smallest absolute Gasteiger partial charge is 0.338 e. The number of methoxy groups -OCH3 is 1. The lowest BCUT2D eigenvalue weighted by atomic mass is 10.2. The molecule has 8 heteroatoms. The summed E-state index contributed by atoms with van der Waals surface area (Å²) < 4.78 is 9.62. The first-order valence-corrected chi connectivity index (χ1v) is 9.03. The quantitative estimate of drug-likeness (QED) is 0.753. The number of nitrogens with zero attached hydrogens (tertiary/aromatic N) is 1. The van der Waals surface area contributed by atoms with Crippen LogP contribution >= 0.6 is 0 Å². The Morgan fingerprint density at radius 2 is 1.59 bits per heavy atom. The molecule has 29 heavy (non-hydrogen) atoms. The monoisotopic (exact) mass is 396 g/mol. The van der Waals surface area contributed by atoms with Crippen molar-refractivity contribution in [1.82, 2.24) is 0 Å². The summed E-state index contributed by atoms with van der Waals surface area (Å²) in [5.41, 5.74) is 1.84. The van der Waals surface area contributed by atoms with Crippen LogP contribution in [0.1, 0.15) is 33.6 Å². The molecular formula is C21H20N2O6. The maximum Gasteiger partial charge on any atom is 0.338 e. The fourth-order valence-corrected chi connectivity index (χ4v) is 2.92. The third kappa shape index (κ3) is 4.98. The molecule has 1 N–H and O–H groups in total. The number of esters is 2. The van der Waals surface area contributed by atoms with Gasteiger partial charge in [-0.25, -0.2) is 9.59 Å². The van der Waals surface area contributed by atoms with Crippen LogP contribution in [-0.2, 0) is 19.1 Å². The zero-order valence-corrected chi connectivity index (χ0v) is 15.8. The average molecular weight is 396 g/mol. The zero-order chi connectivity index (χ0) is 20.8. The van der Waals surface area contributed by atoms with E-state index < -0.39 is 24.5 Å². The number of benzene rings is 2. The Kier molecular flexibility index (Phi) is 6.23. The van der Waals surface area contributed by atoms with Gasteiger partial charge in [0, 0.05) is 24.3 Å². The molecule has 1 aliphatic heterocycles. The molecule has 1 aliphatic rings. The molecule has 0 aliphatic carbocycles. The molecule has 0 atom stereocenters. The number of amides is 2. The molecule has 8 nitrogen and oxygen atoms in total. The summed E-state index contributed by atoms with van der Waals surface area (Å²) in [6, 6.07) is 12.6. The van der Waals surface area contributed by atoms with Gasteiger partial charge in [-0.2, -0.15) is 0 Å². The first-order chi connectivity index (χ1) is 14.0. The van der Waals surface area contributed by atoms with E-state index in [1.807, 2.05) is 0 Å². The highest BCUT2D eigenvalue weighted by atomic mass is 16.5. The van der Waals surface area contributed by atoms with Crippen LogP contribution in [0.3, 0.4) is 0 Å². The van der Waals surface area contributed by atoms with Crippen molar-refractivity contribution in [3.63, 3.8) is 0 Å². The second kappa shape index (κ2) is 9.01. The predicted molar refractivity (Wildman–Crippen MR) is 105 cm³/mol. The number of anilines is 2. The SMILES string of the molecule is COC(=O)c1ccc(NC(=O)COC(=O)c2ccc(N3CCCC3=O)cc2)cc1. The molecule has 0 spiro atoms. The number of ether oxygens (including phenoxy) is 2. The molecule has 2 amide bonds. The summed E-state index contributed by atoms with van der Waals surface area (Å²) in [5, 5.41) is 2.57. The summed E-state index contributed by atoms with van der Waals surface area (Å²) in [5.74, 6) is -1.56. The van der Waals surface area contributed by atoms with Crippen molar-refractivity contribution >= 4 is 35.1 Å². The molecule has 1 heterocycles. The zero-order valence-electron chi connectivity index (χ0n) is 15.8. The number of rotatable bonds is 6. The van der Waals surface area contributed by atoms with Crippen molar-refractivity contribution in [2.24, 2.45) is 0 Å². The van der Waals surface area contributed by atoms with Crippen LogP contribution in [0.25, 0.3) is 0 Å². The number of hydrogen-bond acceptors (Lipinski definition) is 6. The third-order valence-corrected chi connectivity index (χ3v) is 4.41. The molecule has 2 aromatic carbocycles. The Morgan fingerprint density at radius 1 is 0.966 bits per heavy atom. The molecule has 0 bridgehead atoms. The first-order valence-electron chi connectivity index (χ1n) is 9.03. The third-order valence-electron chi connectivity index (χ3n) is 4.41. The average Bonchev–Trinajstić information content (AvgIpc) is 3.18. The van der Waals surface area contributed by atoms with Crippen LogP contribution < -0.4 is 10.2 Å². The molecule has 0 saturated carbocycles. The largest absolute Gasteiger partial charge is 0.465 e. The van der Waals surface area contributed by atoms with Gasteiger partial charge in [0.05, 0.1) is 18.2 Å². The van der Waals surface area contributed by atoms with E-state index in [4.69, 9.17) is 4.74 Å². The number of hydrogen-bond donors (Lipinski definition) is 1. The van der Waals surface area contributed by atoms with Gasteiger partial charge in [0.1, 0.15) is 0 Å². The highest BCUT2D eigenvalue weighted by molar-refractivity contribution is 5.98. The van der Waals surface area contributed by atoms with E-state index in [0.29, 0.717) is 24.2 Å². The molecular weight excluding hydrogens is 376 g/mol. The number of carbonyl (C=O) groups excluding carboxylic acids is 4. The van der Waals surface area contributed by atoms with Crippen molar-refractivity contribution in [1.29, 1.82) is 0 Å². The molecule has 3 rings (SSSR count). The minimum atomic E-state index is -0.638. The first kappa shape index (κ1) is 20.1. The minimum absolute atomic E-state index is 0.0663. The van der Waals surface area contributed by atoms with Gasteiger partial charge in [0.25, 0.3) is 5.91 Å². The van der Waals surface area contributed by atoms with Crippen molar-refractivity contribution in [2.45, 2.75) is 12.8 Å². The fourth-order valence-electron chi connectivity index (χ4n) is 2.92. The summed E-state index contributed by atoms with van der Waals surface area (Å²) in [6.07, 6.45) is 1.35. The van der Waals surface area contributed by atoms with Crippen LogP contribution in [0, 0.1) is 0 Å². The Morgan fingerprint density at radius 3 is 2.17 bits per heavy atom. The van der Waals surface area contributed by atoms with Crippen LogP contribution in [0.15, 0.2) is 48.5 Å². The van der Waals surface area contributed by atoms with E-state index in [9.17, 15) is 19.2 Å². The fraction of sp³-hybridized carbons (Fsp3) is 0.238. The Balaban J connectivity index is 1.50. The number of nitrogens with one attached hydrogen (secondary N) is 1. The molecule has 0 unspecified atom stereocenters. The molecule has 1 fully saturated rings. The van der Waals surface area contributed by atoms with Gasteiger partial charge in [-0.15, -0.1) is 0 Å². The van der Waals surface area contributed by atoms with Crippen LogP contribution in [0.2, 0.25) is 0 Å². The normalized spacial score (nSPS) is 13.1. The van der Waals surface area contributed by atoms with Crippen LogP contribution in [0.5, 0.6) is 0 Å². The molecule has 1 saturated heterocycles. The second-order valence-corrected chi connectivity index (χ2v) is 6.39. The molecule has 0 radical (unpaired) electrons. The van der Waals surface area contributed by atoms with Crippen LogP contribution in [-0.4, -0.2) is 44.0 Å². The van der Waals surface area contributed by atoms with Crippen molar-refractivity contribution in [3.05, 3.63) is 59.7 Å². The molecule has 2 aromatic rings. The maximum atomic E-state index is 12.1. The van der Waals surface area contributed by atoms with E-state index in [1.54, 1.807) is 41.3 Å².